The molecule has 0 bridgehead atoms. The van der Waals surface area contributed by atoms with Crippen molar-refractivity contribution in [2.24, 2.45) is 0 Å². The van der Waals surface area contributed by atoms with Crippen LogP contribution in [0.5, 0.6) is 0 Å². The van der Waals surface area contributed by atoms with Gasteiger partial charge in [-0.05, 0) is 24.9 Å². The largest absolute Gasteiger partial charge is 0.479 e. The number of halogens is 5. The normalized spacial score (nSPS) is 24.5. The van der Waals surface area contributed by atoms with Gasteiger partial charge in [-0.2, -0.15) is 24.9 Å². The van der Waals surface area contributed by atoms with E-state index >= 15 is 0 Å². The third-order valence-corrected chi connectivity index (χ3v) is 15.0. The highest BCUT2D eigenvalue weighted by Gasteiger charge is 2.62. The number of phosphoric acid groups is 1. The third-order valence-electron chi connectivity index (χ3n) is 5.77. The number of phosphoric ester groups is 1. The summed E-state index contributed by atoms with van der Waals surface area (Å²) >= 11 is 12.7. The highest BCUT2D eigenvalue weighted by molar-refractivity contribution is 7.99. The Balaban J connectivity index is 1.82. The van der Waals surface area contributed by atoms with Crippen molar-refractivity contribution in [2.45, 2.75) is 59.0 Å². The first kappa shape index (κ1) is 38.4. The SMILES string of the molecule is CSCCCc1nc(SCCC(F)(F)F)nc2c1ncn2[C@@H]1O[C@H](COP(=O)(O)OP(=O)(O)C(Cl)(Cl)P(=O)(O)O)[C@@H](O)[C@H]1O. The van der Waals surface area contributed by atoms with E-state index in [1.807, 2.05) is 6.26 Å². The lowest BCUT2D eigenvalue weighted by atomic mass is 10.1. The predicted octanol–water partition coefficient (Wildman–Crippen LogP) is 3.37. The number of alkyl halides is 5. The fourth-order valence-electron chi connectivity index (χ4n) is 3.66. The summed E-state index contributed by atoms with van der Waals surface area (Å²) in [4.78, 5) is 50.6. The number of imidazole rings is 1. The molecule has 1 fully saturated rings. The maximum Gasteiger partial charge on any atom is 0.479 e. The fourth-order valence-corrected chi connectivity index (χ4v) is 9.17. The van der Waals surface area contributed by atoms with E-state index in [2.05, 4.69) is 23.8 Å². The van der Waals surface area contributed by atoms with Crippen molar-refractivity contribution < 1.29 is 70.2 Å². The van der Waals surface area contributed by atoms with Gasteiger partial charge in [0.25, 0.3) is 0 Å². The molecule has 1 saturated heterocycles. The van der Waals surface area contributed by atoms with Crippen LogP contribution in [0.1, 0.15) is 24.8 Å². The second-order valence-corrected chi connectivity index (χ2v) is 19.2. The van der Waals surface area contributed by atoms with Crippen LogP contribution in [0, 0.1) is 0 Å². The van der Waals surface area contributed by atoms with Crippen LogP contribution in [-0.2, 0) is 33.7 Å². The predicted molar refractivity (Wildman–Crippen MR) is 153 cm³/mol. The summed E-state index contributed by atoms with van der Waals surface area (Å²) in [5, 5.41) is 21.2. The van der Waals surface area contributed by atoms with E-state index in [4.69, 9.17) is 37.7 Å². The van der Waals surface area contributed by atoms with Crippen LogP contribution in [0.3, 0.4) is 0 Å². The summed E-state index contributed by atoms with van der Waals surface area (Å²) < 4.78 is 85.2. The van der Waals surface area contributed by atoms with Crippen LogP contribution in [0.4, 0.5) is 13.2 Å². The minimum Gasteiger partial charge on any atom is -0.387 e. The van der Waals surface area contributed by atoms with Gasteiger partial charge in [0, 0.05) is 5.75 Å². The van der Waals surface area contributed by atoms with E-state index in [0.29, 0.717) is 18.5 Å². The minimum absolute atomic E-state index is 0.00710. The topological polar surface area (TPSA) is 244 Å². The number of aryl methyl sites for hydroxylation is 1. The first-order valence-electron chi connectivity index (χ1n) is 12.0. The first-order valence-corrected chi connectivity index (χ1v) is 19.8. The van der Waals surface area contributed by atoms with Crippen molar-refractivity contribution in [3.05, 3.63) is 12.0 Å². The second-order valence-electron chi connectivity index (χ2n) is 9.05. The molecule has 0 spiro atoms. The molecule has 0 amide bonds. The van der Waals surface area contributed by atoms with Gasteiger partial charge in [-0.15, -0.1) is 0 Å². The quantitative estimate of drug-likeness (QED) is 0.0499. The molecule has 2 unspecified atom stereocenters. The number of rotatable bonds is 15. The summed E-state index contributed by atoms with van der Waals surface area (Å²) in [6, 6.07) is 0. The molecule has 0 aliphatic carbocycles. The van der Waals surface area contributed by atoms with Crippen molar-refractivity contribution in [3.63, 3.8) is 0 Å². The molecule has 2 aromatic heterocycles. The fraction of sp³-hybridized carbons (Fsp3) is 0.722. The number of nitrogens with zero attached hydrogens (tertiary/aromatic N) is 4. The Morgan fingerprint density at radius 1 is 1.09 bits per heavy atom. The molecule has 44 heavy (non-hydrogen) atoms. The summed E-state index contributed by atoms with van der Waals surface area (Å²) in [5.74, 6) is 0.377. The van der Waals surface area contributed by atoms with Crippen LogP contribution in [0.2, 0.25) is 0 Å². The van der Waals surface area contributed by atoms with E-state index in [9.17, 15) is 46.9 Å². The first-order chi connectivity index (χ1) is 20.1. The molecule has 0 radical (unpaired) electrons. The second kappa shape index (κ2) is 14.6. The van der Waals surface area contributed by atoms with Crippen LogP contribution >= 0.6 is 69.7 Å². The molecular weight excluding hydrogens is 749 g/mol. The molecule has 252 valence electrons. The molecule has 16 nitrogen and oxygen atoms in total. The number of aliphatic hydroxyl groups is 2. The Morgan fingerprint density at radius 3 is 2.34 bits per heavy atom. The lowest BCUT2D eigenvalue weighted by Crippen LogP contribution is -2.33. The number of hydrogen-bond donors (Lipinski definition) is 6. The highest BCUT2D eigenvalue weighted by atomic mass is 35.5. The smallest absolute Gasteiger partial charge is 0.387 e. The van der Waals surface area contributed by atoms with Crippen molar-refractivity contribution >= 4 is 80.9 Å². The Kier molecular flexibility index (Phi) is 12.7. The van der Waals surface area contributed by atoms with Gasteiger partial charge in [0.1, 0.15) is 23.8 Å². The number of hydrogen-bond acceptors (Lipinski definition) is 13. The number of fused-ring (bicyclic) bond motifs is 1. The van der Waals surface area contributed by atoms with Crippen molar-refractivity contribution in [1.29, 1.82) is 0 Å². The lowest BCUT2D eigenvalue weighted by molar-refractivity contribution is -0.129. The number of thioether (sulfide) groups is 2. The summed E-state index contributed by atoms with van der Waals surface area (Å²) in [5.41, 5.74) is 0.711. The molecule has 2 aromatic rings. The van der Waals surface area contributed by atoms with E-state index < -0.39 is 70.6 Å². The molecule has 1 aliphatic heterocycles. The zero-order valence-electron chi connectivity index (χ0n) is 22.1. The molecule has 26 heteroatoms. The summed E-state index contributed by atoms with van der Waals surface area (Å²) in [6.45, 7) is -1.09. The molecule has 6 N–H and O–H groups in total. The third kappa shape index (κ3) is 9.30. The van der Waals surface area contributed by atoms with Gasteiger partial charge in [-0.3, -0.25) is 18.2 Å². The van der Waals surface area contributed by atoms with Gasteiger partial charge in [-0.1, -0.05) is 35.0 Å². The Morgan fingerprint density at radius 2 is 1.75 bits per heavy atom. The maximum absolute atomic E-state index is 12.7. The summed E-state index contributed by atoms with van der Waals surface area (Å²) in [6.07, 6.45) is -8.05. The lowest BCUT2D eigenvalue weighted by Gasteiger charge is -2.26. The summed E-state index contributed by atoms with van der Waals surface area (Å²) in [7, 11) is -17.4. The van der Waals surface area contributed by atoms with Crippen molar-refractivity contribution in [2.75, 3.05) is 24.4 Å². The molecule has 3 heterocycles. The van der Waals surface area contributed by atoms with Gasteiger partial charge >= 0.3 is 33.0 Å². The molecule has 6 atom stereocenters. The van der Waals surface area contributed by atoms with Crippen LogP contribution in [0.15, 0.2) is 11.5 Å². The Bertz CT molecular complexity index is 1470. The van der Waals surface area contributed by atoms with Gasteiger partial charge < -0.3 is 34.5 Å². The molecule has 0 saturated carbocycles. The van der Waals surface area contributed by atoms with Crippen LogP contribution in [-0.4, -0.2) is 102 Å². The molecule has 3 rings (SSSR count). The maximum atomic E-state index is 12.7. The molecule has 0 aromatic carbocycles. The van der Waals surface area contributed by atoms with Gasteiger partial charge in [0.2, 0.25) is 0 Å². The molecular formula is C18H26Cl2F3N4O12P3S2. The number of aliphatic hydroxyl groups excluding tert-OH is 2. The average Bonchev–Trinajstić information content (AvgIpc) is 3.41. The number of ether oxygens (including phenoxy) is 1. The van der Waals surface area contributed by atoms with Gasteiger partial charge in [0.15, 0.2) is 17.0 Å². The zero-order valence-corrected chi connectivity index (χ0v) is 27.9. The zero-order chi connectivity index (χ0) is 33.3. The Hall–Kier alpha value is -0.0500. The van der Waals surface area contributed by atoms with Crippen LogP contribution < -0.4 is 0 Å². The van der Waals surface area contributed by atoms with Gasteiger partial charge in [0.05, 0.1) is 25.0 Å². The van der Waals surface area contributed by atoms with Crippen molar-refractivity contribution in [1.82, 2.24) is 19.5 Å². The standard InChI is InChI=1S/C18H26Cl2F3N4O12P3S2/c1-43-5-2-3-9-11-14(26-16(25-9)44-6-4-17(21,22)23)27(8-24-11)15-13(29)12(28)10(38-15)7-37-42(35,36)39-41(33,34)18(19,20)40(30,31)32/h8,10,12-13,15,28-29H,2-7H2,1H3,(H,33,34)(H,35,36)(H2,30,31,32)/t10-,12-,13-,15-/m1/s1. The minimum atomic E-state index is -5.96. The molecule has 1 aliphatic rings. The number of aromatic nitrogens is 4. The average molecular weight is 775 g/mol. The van der Waals surface area contributed by atoms with Gasteiger partial charge in [-0.25, -0.2) is 23.8 Å². The van der Waals surface area contributed by atoms with E-state index in [0.717, 1.165) is 17.5 Å². The Labute approximate surface area is 265 Å². The highest BCUT2D eigenvalue weighted by Crippen LogP contribution is 2.79. The van der Waals surface area contributed by atoms with E-state index in [1.165, 1.54) is 10.9 Å². The van der Waals surface area contributed by atoms with Crippen LogP contribution in [0.25, 0.3) is 11.2 Å². The van der Waals surface area contributed by atoms with E-state index in [1.54, 1.807) is 11.8 Å². The van der Waals surface area contributed by atoms with Crippen molar-refractivity contribution in [3.8, 4) is 0 Å². The van der Waals surface area contributed by atoms with E-state index in [-0.39, 0.29) is 22.1 Å². The monoisotopic (exact) mass is 774 g/mol.